The molecule has 1 aliphatic rings. The summed E-state index contributed by atoms with van der Waals surface area (Å²) in [5, 5.41) is 0.383. The van der Waals surface area contributed by atoms with Gasteiger partial charge in [0.05, 0.1) is 5.38 Å². The Kier molecular flexibility index (Phi) is 2.33. The normalized spacial score (nSPS) is 19.1. The lowest BCUT2D eigenvalue weighted by Crippen LogP contribution is -2.46. The number of alkyl halides is 1. The number of hydrogen-bond acceptors (Lipinski definition) is 1. The molecular weight excluding hydrogens is 170 g/mol. The number of likely N-dealkylation sites (tertiary alicyclic amines) is 1. The molecule has 1 nitrogen and oxygen atoms in total. The average molecular weight is 182 g/mol. The molecule has 64 valence electrons. The maximum absolute atomic E-state index is 5.87. The zero-order chi connectivity index (χ0) is 8.39. The highest BCUT2D eigenvalue weighted by molar-refractivity contribution is 6.21. The SMILES string of the molecule is ClC1CN(Cc2ccccc2)C1. The van der Waals surface area contributed by atoms with E-state index in [1.165, 1.54) is 5.56 Å². The van der Waals surface area contributed by atoms with Gasteiger partial charge in [-0.2, -0.15) is 0 Å². The molecule has 0 atom stereocenters. The lowest BCUT2D eigenvalue weighted by Gasteiger charge is -2.35. The molecule has 0 bridgehead atoms. The summed E-state index contributed by atoms with van der Waals surface area (Å²) < 4.78 is 0. The summed E-state index contributed by atoms with van der Waals surface area (Å²) in [4.78, 5) is 2.35. The fraction of sp³-hybridized carbons (Fsp3) is 0.400. The minimum Gasteiger partial charge on any atom is -0.296 e. The Bertz CT molecular complexity index is 241. The van der Waals surface area contributed by atoms with E-state index in [2.05, 4.69) is 29.2 Å². The summed E-state index contributed by atoms with van der Waals surface area (Å²) >= 11 is 5.87. The number of rotatable bonds is 2. The zero-order valence-corrected chi connectivity index (χ0v) is 7.67. The van der Waals surface area contributed by atoms with Gasteiger partial charge in [-0.25, -0.2) is 0 Å². The minimum atomic E-state index is 0.383. The van der Waals surface area contributed by atoms with E-state index in [1.54, 1.807) is 0 Å². The molecule has 1 heterocycles. The Morgan fingerprint density at radius 2 is 1.92 bits per heavy atom. The van der Waals surface area contributed by atoms with E-state index in [-0.39, 0.29) is 0 Å². The number of hydrogen-bond donors (Lipinski definition) is 0. The molecule has 0 spiro atoms. The van der Waals surface area contributed by atoms with Crippen LogP contribution in [0, 0.1) is 0 Å². The number of nitrogens with zero attached hydrogens (tertiary/aromatic N) is 1. The summed E-state index contributed by atoms with van der Waals surface area (Å²) in [7, 11) is 0. The Labute approximate surface area is 77.9 Å². The molecule has 1 aliphatic heterocycles. The van der Waals surface area contributed by atoms with Gasteiger partial charge in [0, 0.05) is 19.6 Å². The van der Waals surface area contributed by atoms with Crippen molar-refractivity contribution in [3.63, 3.8) is 0 Å². The van der Waals surface area contributed by atoms with Crippen LogP contribution >= 0.6 is 11.6 Å². The Balaban J connectivity index is 1.88. The van der Waals surface area contributed by atoms with Crippen molar-refractivity contribution in [1.29, 1.82) is 0 Å². The van der Waals surface area contributed by atoms with Gasteiger partial charge in [0.25, 0.3) is 0 Å². The van der Waals surface area contributed by atoms with Crippen LogP contribution in [0.2, 0.25) is 0 Å². The average Bonchev–Trinajstić information content (AvgIpc) is 2.04. The third kappa shape index (κ3) is 1.79. The van der Waals surface area contributed by atoms with E-state index in [4.69, 9.17) is 11.6 Å². The summed E-state index contributed by atoms with van der Waals surface area (Å²) in [5.41, 5.74) is 1.38. The second kappa shape index (κ2) is 3.46. The molecule has 0 saturated carbocycles. The molecule has 0 aromatic heterocycles. The first-order chi connectivity index (χ1) is 5.84. The molecule has 0 N–H and O–H groups in total. The Hall–Kier alpha value is -0.530. The molecular formula is C10H12ClN. The lowest BCUT2D eigenvalue weighted by molar-refractivity contribution is 0.178. The van der Waals surface area contributed by atoms with Gasteiger partial charge < -0.3 is 0 Å². The predicted octanol–water partition coefficient (Wildman–Crippen LogP) is 2.11. The van der Waals surface area contributed by atoms with Gasteiger partial charge in [0.15, 0.2) is 0 Å². The fourth-order valence-electron chi connectivity index (χ4n) is 1.48. The van der Waals surface area contributed by atoms with E-state index >= 15 is 0 Å². The first-order valence-electron chi connectivity index (χ1n) is 4.25. The van der Waals surface area contributed by atoms with E-state index in [9.17, 15) is 0 Å². The van der Waals surface area contributed by atoms with Gasteiger partial charge >= 0.3 is 0 Å². The van der Waals surface area contributed by atoms with Gasteiger partial charge in [0.1, 0.15) is 0 Å². The highest BCUT2D eigenvalue weighted by Gasteiger charge is 2.23. The standard InChI is InChI=1S/C10H12ClN/c11-10-7-12(8-10)6-9-4-2-1-3-5-9/h1-5,10H,6-8H2. The molecule has 1 saturated heterocycles. The molecule has 12 heavy (non-hydrogen) atoms. The molecule has 2 heteroatoms. The van der Waals surface area contributed by atoms with Gasteiger partial charge in [-0.1, -0.05) is 30.3 Å². The monoisotopic (exact) mass is 181 g/mol. The van der Waals surface area contributed by atoms with Crippen LogP contribution in [0.4, 0.5) is 0 Å². The molecule has 0 radical (unpaired) electrons. The second-order valence-electron chi connectivity index (χ2n) is 3.28. The quantitative estimate of drug-likeness (QED) is 0.632. The van der Waals surface area contributed by atoms with E-state index in [0.29, 0.717) is 5.38 Å². The molecule has 2 rings (SSSR count). The van der Waals surface area contributed by atoms with Crippen molar-refractivity contribution >= 4 is 11.6 Å². The van der Waals surface area contributed by atoms with Crippen molar-refractivity contribution in [2.45, 2.75) is 11.9 Å². The first kappa shape index (κ1) is 8.09. The first-order valence-corrected chi connectivity index (χ1v) is 4.68. The van der Waals surface area contributed by atoms with Gasteiger partial charge in [-0.15, -0.1) is 11.6 Å². The van der Waals surface area contributed by atoms with Crippen molar-refractivity contribution < 1.29 is 0 Å². The predicted molar refractivity (Wildman–Crippen MR) is 51.4 cm³/mol. The fourth-order valence-corrected chi connectivity index (χ4v) is 1.87. The van der Waals surface area contributed by atoms with Crippen molar-refractivity contribution in [3.8, 4) is 0 Å². The van der Waals surface area contributed by atoms with Gasteiger partial charge in [-0.3, -0.25) is 4.90 Å². The van der Waals surface area contributed by atoms with Crippen LogP contribution in [0.5, 0.6) is 0 Å². The third-order valence-electron chi connectivity index (χ3n) is 2.16. The van der Waals surface area contributed by atoms with Gasteiger partial charge in [-0.05, 0) is 5.56 Å². The Morgan fingerprint density at radius 1 is 1.25 bits per heavy atom. The number of halogens is 1. The van der Waals surface area contributed by atoms with Crippen molar-refractivity contribution in [3.05, 3.63) is 35.9 Å². The molecule has 1 fully saturated rings. The second-order valence-corrected chi connectivity index (χ2v) is 3.89. The molecule has 0 amide bonds. The van der Waals surface area contributed by atoms with Crippen LogP contribution in [-0.2, 0) is 6.54 Å². The van der Waals surface area contributed by atoms with Crippen LogP contribution in [0.15, 0.2) is 30.3 Å². The summed E-state index contributed by atoms with van der Waals surface area (Å²) in [6, 6.07) is 10.5. The highest BCUT2D eigenvalue weighted by atomic mass is 35.5. The Morgan fingerprint density at radius 3 is 2.50 bits per heavy atom. The van der Waals surface area contributed by atoms with Crippen LogP contribution in [-0.4, -0.2) is 23.4 Å². The summed E-state index contributed by atoms with van der Waals surface area (Å²) in [6.07, 6.45) is 0. The summed E-state index contributed by atoms with van der Waals surface area (Å²) in [6.45, 7) is 3.12. The smallest absolute Gasteiger partial charge is 0.0590 e. The minimum absolute atomic E-state index is 0.383. The van der Waals surface area contributed by atoms with Crippen LogP contribution in [0.25, 0.3) is 0 Å². The molecule has 1 aromatic carbocycles. The zero-order valence-electron chi connectivity index (χ0n) is 6.91. The largest absolute Gasteiger partial charge is 0.296 e. The lowest BCUT2D eigenvalue weighted by atomic mass is 10.1. The van der Waals surface area contributed by atoms with E-state index < -0.39 is 0 Å². The van der Waals surface area contributed by atoms with E-state index in [0.717, 1.165) is 19.6 Å². The van der Waals surface area contributed by atoms with Gasteiger partial charge in [0.2, 0.25) is 0 Å². The topological polar surface area (TPSA) is 3.24 Å². The summed E-state index contributed by atoms with van der Waals surface area (Å²) in [5.74, 6) is 0. The van der Waals surface area contributed by atoms with Crippen LogP contribution < -0.4 is 0 Å². The van der Waals surface area contributed by atoms with Crippen molar-refractivity contribution in [1.82, 2.24) is 4.90 Å². The highest BCUT2D eigenvalue weighted by Crippen LogP contribution is 2.16. The molecule has 0 aliphatic carbocycles. The number of benzene rings is 1. The molecule has 1 aromatic rings. The maximum atomic E-state index is 5.87. The third-order valence-corrected chi connectivity index (χ3v) is 2.44. The van der Waals surface area contributed by atoms with E-state index in [1.807, 2.05) is 6.07 Å². The van der Waals surface area contributed by atoms with Crippen LogP contribution in [0.1, 0.15) is 5.56 Å². The van der Waals surface area contributed by atoms with Crippen molar-refractivity contribution in [2.75, 3.05) is 13.1 Å². The van der Waals surface area contributed by atoms with Crippen LogP contribution in [0.3, 0.4) is 0 Å². The maximum Gasteiger partial charge on any atom is 0.0590 e. The molecule has 0 unspecified atom stereocenters. The van der Waals surface area contributed by atoms with Crippen molar-refractivity contribution in [2.24, 2.45) is 0 Å².